The molecule has 3 rings (SSSR count). The van der Waals surface area contributed by atoms with Crippen LogP contribution in [0.25, 0.3) is 0 Å². The lowest BCUT2D eigenvalue weighted by molar-refractivity contribution is 0.309. The van der Waals surface area contributed by atoms with Crippen molar-refractivity contribution < 1.29 is 4.74 Å². The molecule has 1 aromatic carbocycles. The van der Waals surface area contributed by atoms with Gasteiger partial charge in [-0.3, -0.25) is 0 Å². The Morgan fingerprint density at radius 2 is 1.90 bits per heavy atom. The van der Waals surface area contributed by atoms with E-state index < -0.39 is 0 Å². The number of nitrogens with zero attached hydrogens (tertiary/aromatic N) is 1. The van der Waals surface area contributed by atoms with Crippen LogP contribution in [0.5, 0.6) is 0 Å². The highest BCUT2D eigenvalue weighted by atomic mass is 16.5. The van der Waals surface area contributed by atoms with Crippen molar-refractivity contribution in [2.45, 2.75) is 50.6 Å². The standard InChI is InChI=1S/C17H25N3O/c18-17-20-16(12-21-17)11-19-10-13-6-8-15(9-7-13)14-4-2-1-3-5-14/h6-9,14,16,19H,1-5,10-12H2,(H2,18,20)/t16-/m0/s1. The molecule has 114 valence electrons. The molecule has 1 aliphatic heterocycles. The minimum absolute atomic E-state index is 0.159. The van der Waals surface area contributed by atoms with E-state index in [-0.39, 0.29) is 6.04 Å². The van der Waals surface area contributed by atoms with Gasteiger partial charge in [0.05, 0.1) is 0 Å². The maximum Gasteiger partial charge on any atom is 0.282 e. The van der Waals surface area contributed by atoms with E-state index in [2.05, 4.69) is 34.6 Å². The maximum absolute atomic E-state index is 5.50. The van der Waals surface area contributed by atoms with Gasteiger partial charge in [-0.15, -0.1) is 0 Å². The lowest BCUT2D eigenvalue weighted by Gasteiger charge is -2.22. The van der Waals surface area contributed by atoms with E-state index in [9.17, 15) is 0 Å². The van der Waals surface area contributed by atoms with Gasteiger partial charge in [0.15, 0.2) is 0 Å². The number of nitrogens with one attached hydrogen (secondary N) is 1. The summed E-state index contributed by atoms with van der Waals surface area (Å²) in [7, 11) is 0. The lowest BCUT2D eigenvalue weighted by atomic mass is 9.84. The molecule has 1 atom stereocenters. The molecule has 0 radical (unpaired) electrons. The number of hydrogen-bond acceptors (Lipinski definition) is 4. The van der Waals surface area contributed by atoms with Gasteiger partial charge in [-0.1, -0.05) is 43.5 Å². The Morgan fingerprint density at radius 3 is 2.57 bits per heavy atom. The molecule has 1 saturated carbocycles. The van der Waals surface area contributed by atoms with E-state index in [0.717, 1.165) is 19.0 Å². The average molecular weight is 287 g/mol. The molecule has 1 fully saturated rings. The zero-order valence-electron chi connectivity index (χ0n) is 12.6. The molecule has 0 saturated heterocycles. The second-order valence-electron chi connectivity index (χ2n) is 6.14. The number of amidine groups is 1. The molecule has 21 heavy (non-hydrogen) atoms. The van der Waals surface area contributed by atoms with Crippen LogP contribution in [0.1, 0.15) is 49.1 Å². The molecule has 2 aliphatic rings. The van der Waals surface area contributed by atoms with Crippen LogP contribution in [0.4, 0.5) is 0 Å². The Balaban J connectivity index is 1.45. The van der Waals surface area contributed by atoms with E-state index >= 15 is 0 Å². The van der Waals surface area contributed by atoms with Crippen molar-refractivity contribution in [3.63, 3.8) is 0 Å². The summed E-state index contributed by atoms with van der Waals surface area (Å²) in [6, 6.07) is 9.59. The van der Waals surface area contributed by atoms with Gasteiger partial charge in [-0.25, -0.2) is 4.99 Å². The van der Waals surface area contributed by atoms with Gasteiger partial charge in [0.25, 0.3) is 6.02 Å². The first-order chi connectivity index (χ1) is 10.3. The van der Waals surface area contributed by atoms with Crippen molar-refractivity contribution in [3.05, 3.63) is 35.4 Å². The molecule has 1 aromatic rings. The molecule has 3 N–H and O–H groups in total. The van der Waals surface area contributed by atoms with Crippen LogP contribution < -0.4 is 11.1 Å². The molecule has 0 aromatic heterocycles. The van der Waals surface area contributed by atoms with Crippen molar-refractivity contribution >= 4 is 6.02 Å². The van der Waals surface area contributed by atoms with Crippen LogP contribution >= 0.6 is 0 Å². The molecular weight excluding hydrogens is 262 g/mol. The molecule has 0 amide bonds. The van der Waals surface area contributed by atoms with E-state index in [0.29, 0.717) is 12.6 Å². The summed E-state index contributed by atoms with van der Waals surface area (Å²) >= 11 is 0. The van der Waals surface area contributed by atoms with Gasteiger partial charge in [-0.2, -0.15) is 0 Å². The first kappa shape index (κ1) is 14.4. The molecule has 0 unspecified atom stereocenters. The molecule has 0 spiro atoms. The summed E-state index contributed by atoms with van der Waals surface area (Å²) in [5, 5.41) is 3.42. The van der Waals surface area contributed by atoms with Gasteiger partial charge >= 0.3 is 0 Å². The number of nitrogens with two attached hydrogens (primary N) is 1. The lowest BCUT2D eigenvalue weighted by Crippen LogP contribution is -2.26. The highest BCUT2D eigenvalue weighted by Crippen LogP contribution is 2.32. The first-order valence-corrected chi connectivity index (χ1v) is 8.07. The number of ether oxygens (including phenoxy) is 1. The summed E-state index contributed by atoms with van der Waals surface area (Å²) in [6.07, 6.45) is 6.91. The summed E-state index contributed by atoms with van der Waals surface area (Å²) < 4.78 is 5.14. The van der Waals surface area contributed by atoms with E-state index in [4.69, 9.17) is 10.5 Å². The Labute approximate surface area is 126 Å². The fourth-order valence-corrected chi connectivity index (χ4v) is 3.27. The second kappa shape index (κ2) is 6.94. The molecule has 1 aliphatic carbocycles. The molecule has 1 heterocycles. The van der Waals surface area contributed by atoms with Gasteiger partial charge in [0.1, 0.15) is 12.6 Å². The summed E-state index contributed by atoms with van der Waals surface area (Å²) in [6.45, 7) is 2.28. The van der Waals surface area contributed by atoms with Crippen LogP contribution in [0.2, 0.25) is 0 Å². The fraction of sp³-hybridized carbons (Fsp3) is 0.588. The highest BCUT2D eigenvalue weighted by Gasteiger charge is 2.16. The number of rotatable bonds is 5. The van der Waals surface area contributed by atoms with Crippen LogP contribution in [-0.4, -0.2) is 25.2 Å². The molecule has 0 bridgehead atoms. The van der Waals surface area contributed by atoms with E-state index in [1.165, 1.54) is 43.2 Å². The fourth-order valence-electron chi connectivity index (χ4n) is 3.27. The van der Waals surface area contributed by atoms with Crippen molar-refractivity contribution in [2.24, 2.45) is 10.7 Å². The molecule has 4 heteroatoms. The quantitative estimate of drug-likeness (QED) is 0.875. The van der Waals surface area contributed by atoms with Crippen LogP contribution in [0.15, 0.2) is 29.3 Å². The maximum atomic E-state index is 5.50. The minimum Gasteiger partial charge on any atom is -0.463 e. The summed E-state index contributed by atoms with van der Waals surface area (Å²) in [5.41, 5.74) is 8.33. The van der Waals surface area contributed by atoms with Crippen molar-refractivity contribution in [3.8, 4) is 0 Å². The molecule has 4 nitrogen and oxygen atoms in total. The van der Waals surface area contributed by atoms with Crippen molar-refractivity contribution in [1.82, 2.24) is 5.32 Å². The SMILES string of the molecule is NC1=N[C@@H](CNCc2ccc(C3CCCCC3)cc2)CO1. The summed E-state index contributed by atoms with van der Waals surface area (Å²) in [4.78, 5) is 4.20. The number of aliphatic imine (C=N–C) groups is 1. The van der Waals surface area contributed by atoms with Gasteiger partial charge in [0, 0.05) is 13.1 Å². The number of hydrogen-bond donors (Lipinski definition) is 2. The Bertz CT molecular complexity index is 477. The highest BCUT2D eigenvalue weighted by molar-refractivity contribution is 5.73. The average Bonchev–Trinajstić information content (AvgIpc) is 2.94. The Hall–Kier alpha value is -1.55. The van der Waals surface area contributed by atoms with Crippen LogP contribution in [0, 0.1) is 0 Å². The third kappa shape index (κ3) is 3.97. The zero-order chi connectivity index (χ0) is 14.5. The van der Waals surface area contributed by atoms with Crippen LogP contribution in [0.3, 0.4) is 0 Å². The second-order valence-corrected chi connectivity index (χ2v) is 6.14. The first-order valence-electron chi connectivity index (χ1n) is 8.07. The van der Waals surface area contributed by atoms with Gasteiger partial charge < -0.3 is 15.8 Å². The Kier molecular flexibility index (Phi) is 4.76. The minimum atomic E-state index is 0.159. The monoisotopic (exact) mass is 287 g/mol. The van der Waals surface area contributed by atoms with Crippen molar-refractivity contribution in [2.75, 3.05) is 13.2 Å². The van der Waals surface area contributed by atoms with Gasteiger partial charge in [0.2, 0.25) is 0 Å². The normalized spacial score (nSPS) is 22.9. The predicted octanol–water partition coefficient (Wildman–Crippen LogP) is 2.54. The van der Waals surface area contributed by atoms with E-state index in [1.807, 2.05) is 0 Å². The Morgan fingerprint density at radius 1 is 1.14 bits per heavy atom. The largest absolute Gasteiger partial charge is 0.463 e. The summed E-state index contributed by atoms with van der Waals surface area (Å²) in [5.74, 6) is 0.786. The topological polar surface area (TPSA) is 59.6 Å². The van der Waals surface area contributed by atoms with Crippen LogP contribution in [-0.2, 0) is 11.3 Å². The zero-order valence-corrected chi connectivity index (χ0v) is 12.6. The number of benzene rings is 1. The van der Waals surface area contributed by atoms with E-state index in [1.54, 1.807) is 0 Å². The third-order valence-corrected chi connectivity index (χ3v) is 4.50. The predicted molar refractivity (Wildman–Crippen MR) is 85.3 cm³/mol. The van der Waals surface area contributed by atoms with Gasteiger partial charge in [-0.05, 0) is 29.9 Å². The molecular formula is C17H25N3O. The third-order valence-electron chi connectivity index (χ3n) is 4.50. The smallest absolute Gasteiger partial charge is 0.282 e. The van der Waals surface area contributed by atoms with Crippen molar-refractivity contribution in [1.29, 1.82) is 0 Å².